The van der Waals surface area contributed by atoms with E-state index >= 15 is 0 Å². The van der Waals surface area contributed by atoms with Gasteiger partial charge in [0.05, 0.1) is 13.2 Å². The third kappa shape index (κ3) is 3.09. The molecular formula is C29H34O4. The van der Waals surface area contributed by atoms with E-state index in [1.165, 1.54) is 11.1 Å². The normalized spacial score (nSPS) is 42.6. The maximum Gasteiger partial charge on any atom is 0.172 e. The molecule has 5 aliphatic rings. The Balaban J connectivity index is 1.42. The summed E-state index contributed by atoms with van der Waals surface area (Å²) in [5, 5.41) is 21.6. The van der Waals surface area contributed by atoms with Gasteiger partial charge < -0.3 is 19.7 Å². The highest BCUT2D eigenvalue weighted by Crippen LogP contribution is 2.66. The fraction of sp³-hybridized carbons (Fsp3) is 0.586. The van der Waals surface area contributed by atoms with Gasteiger partial charge in [0, 0.05) is 18.3 Å². The zero-order valence-electron chi connectivity index (χ0n) is 19.6. The fourth-order valence-electron chi connectivity index (χ4n) is 8.04. The number of phenols is 1. The lowest BCUT2D eigenvalue weighted by Gasteiger charge is -2.58. The molecule has 6 rings (SSSR count). The third-order valence-electron chi connectivity index (χ3n) is 9.57. The van der Waals surface area contributed by atoms with Crippen molar-refractivity contribution in [3.8, 4) is 17.6 Å². The smallest absolute Gasteiger partial charge is 0.172 e. The number of aromatic hydroxyl groups is 1. The first-order valence-corrected chi connectivity index (χ1v) is 12.5. The molecule has 4 heteroatoms. The number of hydrogen-bond donors (Lipinski definition) is 2. The molecule has 1 saturated heterocycles. The van der Waals surface area contributed by atoms with Crippen LogP contribution in [-0.4, -0.2) is 34.8 Å². The second-order valence-corrected chi connectivity index (χ2v) is 11.0. The van der Waals surface area contributed by atoms with Gasteiger partial charge in [0.1, 0.15) is 11.4 Å². The summed E-state index contributed by atoms with van der Waals surface area (Å²) in [4.78, 5) is 0. The van der Waals surface area contributed by atoms with Crippen molar-refractivity contribution in [3.63, 3.8) is 0 Å². The van der Waals surface area contributed by atoms with Crippen LogP contribution in [0.4, 0.5) is 0 Å². The summed E-state index contributed by atoms with van der Waals surface area (Å²) in [6, 6.07) is 7.77. The number of allylic oxidation sites excluding steroid dienone is 2. The maximum atomic E-state index is 11.7. The van der Waals surface area contributed by atoms with Gasteiger partial charge in [0.2, 0.25) is 0 Å². The molecule has 2 saturated carbocycles. The van der Waals surface area contributed by atoms with Crippen molar-refractivity contribution in [1.82, 2.24) is 0 Å². The first kappa shape index (κ1) is 21.5. The van der Waals surface area contributed by atoms with Gasteiger partial charge in [-0.05, 0) is 79.5 Å². The zero-order valence-corrected chi connectivity index (χ0v) is 19.6. The predicted octanol–water partition coefficient (Wildman–Crippen LogP) is 4.93. The van der Waals surface area contributed by atoms with E-state index in [1.54, 1.807) is 12.1 Å². The molecule has 0 radical (unpaired) electrons. The Kier molecular flexibility index (Phi) is 4.86. The van der Waals surface area contributed by atoms with E-state index in [4.69, 9.17) is 9.47 Å². The Morgan fingerprint density at radius 3 is 2.58 bits per heavy atom. The molecule has 33 heavy (non-hydrogen) atoms. The standard InChI is InChI=1S/C29H34O4/c1-3-12-28(31)13-11-25-23-9-6-20-17-29(32-15-16-33-29)14-10-22(20)26(23)24(18-27(25,28)2)19-4-7-21(30)8-5-19/h4-8,11,13,22-26,30-31H,9-10,14-18H2,1-2H3/t22-,23-,24+,25-,26+,27-,28-/m0/s1. The summed E-state index contributed by atoms with van der Waals surface area (Å²) in [7, 11) is 0. The number of rotatable bonds is 1. The molecule has 0 unspecified atom stereocenters. The quantitative estimate of drug-likeness (QED) is 0.474. The van der Waals surface area contributed by atoms with Gasteiger partial charge in [-0.1, -0.05) is 42.7 Å². The lowest BCUT2D eigenvalue weighted by Crippen LogP contribution is -2.55. The lowest BCUT2D eigenvalue weighted by atomic mass is 9.47. The van der Waals surface area contributed by atoms with Gasteiger partial charge in [-0.2, -0.15) is 0 Å². The number of phenolic OH excluding ortho intramolecular Hbond substituents is 1. The molecule has 1 aromatic rings. The Labute approximate surface area is 196 Å². The van der Waals surface area contributed by atoms with Crippen LogP contribution in [0.1, 0.15) is 57.4 Å². The summed E-state index contributed by atoms with van der Waals surface area (Å²) in [6.07, 6.45) is 11.5. The average Bonchev–Trinajstić information content (AvgIpc) is 3.36. The van der Waals surface area contributed by atoms with Crippen molar-refractivity contribution in [2.45, 2.75) is 63.3 Å². The summed E-state index contributed by atoms with van der Waals surface area (Å²) in [5.41, 5.74) is 1.33. The molecule has 0 aromatic heterocycles. The van der Waals surface area contributed by atoms with Crippen LogP contribution in [0.25, 0.3) is 0 Å². The maximum absolute atomic E-state index is 11.7. The number of ether oxygens (including phenoxy) is 2. The van der Waals surface area contributed by atoms with Gasteiger partial charge in [-0.3, -0.25) is 0 Å². The molecule has 2 N–H and O–H groups in total. The Hall–Kier alpha value is -2.06. The lowest BCUT2D eigenvalue weighted by molar-refractivity contribution is -0.177. The van der Waals surface area contributed by atoms with E-state index in [-0.39, 0.29) is 5.41 Å². The van der Waals surface area contributed by atoms with Crippen LogP contribution in [0.5, 0.6) is 5.75 Å². The molecule has 174 valence electrons. The van der Waals surface area contributed by atoms with Crippen LogP contribution in [-0.2, 0) is 9.47 Å². The summed E-state index contributed by atoms with van der Waals surface area (Å²) in [5.74, 6) is 8.10. The van der Waals surface area contributed by atoms with Crippen LogP contribution in [0, 0.1) is 40.9 Å². The monoisotopic (exact) mass is 446 g/mol. The van der Waals surface area contributed by atoms with E-state index in [0.717, 1.165) is 32.1 Å². The van der Waals surface area contributed by atoms with Crippen LogP contribution in [0.3, 0.4) is 0 Å². The minimum absolute atomic E-state index is 0.297. The molecule has 1 heterocycles. The van der Waals surface area contributed by atoms with E-state index < -0.39 is 11.4 Å². The van der Waals surface area contributed by atoms with Gasteiger partial charge in [-0.15, -0.1) is 5.92 Å². The van der Waals surface area contributed by atoms with Gasteiger partial charge in [0.15, 0.2) is 5.79 Å². The molecular weight excluding hydrogens is 412 g/mol. The Morgan fingerprint density at radius 1 is 1.09 bits per heavy atom. The van der Waals surface area contributed by atoms with Crippen molar-refractivity contribution in [1.29, 1.82) is 0 Å². The van der Waals surface area contributed by atoms with E-state index in [2.05, 4.69) is 43.0 Å². The Bertz CT molecular complexity index is 1050. The fourth-order valence-corrected chi connectivity index (χ4v) is 8.04. The van der Waals surface area contributed by atoms with Crippen LogP contribution in [0.2, 0.25) is 0 Å². The number of benzene rings is 1. The summed E-state index contributed by atoms with van der Waals surface area (Å²) in [6.45, 7) is 5.44. The van der Waals surface area contributed by atoms with Gasteiger partial charge in [0.25, 0.3) is 0 Å². The van der Waals surface area contributed by atoms with Gasteiger partial charge >= 0.3 is 0 Å². The molecule has 1 aliphatic heterocycles. The van der Waals surface area contributed by atoms with E-state index in [9.17, 15) is 10.2 Å². The highest BCUT2D eigenvalue weighted by Gasteiger charge is 2.63. The van der Waals surface area contributed by atoms with Gasteiger partial charge in [-0.25, -0.2) is 0 Å². The average molecular weight is 447 g/mol. The number of hydrogen-bond acceptors (Lipinski definition) is 4. The summed E-state index contributed by atoms with van der Waals surface area (Å²) < 4.78 is 12.2. The molecule has 3 fully saturated rings. The highest BCUT2D eigenvalue weighted by atomic mass is 16.7. The largest absolute Gasteiger partial charge is 0.508 e. The molecule has 1 spiro atoms. The number of fused-ring (bicyclic) bond motifs is 5. The Morgan fingerprint density at radius 2 is 1.85 bits per heavy atom. The molecule has 1 aromatic carbocycles. The predicted molar refractivity (Wildman–Crippen MR) is 126 cm³/mol. The number of aliphatic hydroxyl groups is 1. The summed E-state index contributed by atoms with van der Waals surface area (Å²) >= 11 is 0. The molecule has 4 aliphatic carbocycles. The first-order valence-electron chi connectivity index (χ1n) is 12.5. The van der Waals surface area contributed by atoms with Crippen LogP contribution >= 0.6 is 0 Å². The van der Waals surface area contributed by atoms with Crippen LogP contribution < -0.4 is 0 Å². The van der Waals surface area contributed by atoms with Crippen molar-refractivity contribution in [2.75, 3.05) is 13.2 Å². The van der Waals surface area contributed by atoms with Crippen molar-refractivity contribution < 1.29 is 19.7 Å². The second-order valence-electron chi connectivity index (χ2n) is 11.0. The SMILES string of the molecule is CC#C[C@]1(O)C=C[C@H]2[C@@H]3CC=C4CC5(CC[C@@H]4[C@H]3[C@@H](c3ccc(O)cc3)C[C@@]21C)OCCO5. The first-order chi connectivity index (χ1) is 15.9. The van der Waals surface area contributed by atoms with E-state index in [1.807, 2.05) is 13.0 Å². The van der Waals surface area contributed by atoms with Crippen molar-refractivity contribution in [3.05, 3.63) is 53.6 Å². The minimum Gasteiger partial charge on any atom is -0.508 e. The minimum atomic E-state index is -1.10. The molecule has 7 atom stereocenters. The third-order valence-corrected chi connectivity index (χ3v) is 9.57. The topological polar surface area (TPSA) is 58.9 Å². The van der Waals surface area contributed by atoms with Crippen LogP contribution in [0.15, 0.2) is 48.1 Å². The van der Waals surface area contributed by atoms with Crippen molar-refractivity contribution >= 4 is 0 Å². The molecule has 4 nitrogen and oxygen atoms in total. The van der Waals surface area contributed by atoms with E-state index in [0.29, 0.717) is 48.6 Å². The second kappa shape index (κ2) is 7.47. The highest BCUT2D eigenvalue weighted by molar-refractivity contribution is 5.40. The molecule has 0 amide bonds. The zero-order chi connectivity index (χ0) is 22.8. The molecule has 0 bridgehead atoms. The van der Waals surface area contributed by atoms with Crippen molar-refractivity contribution in [2.24, 2.45) is 29.1 Å².